The molecule has 0 aromatic heterocycles. The molecule has 0 radical (unpaired) electrons. The van der Waals surface area contributed by atoms with Crippen LogP contribution in [0.25, 0.3) is 11.1 Å². The maximum absolute atomic E-state index is 13.3. The van der Waals surface area contributed by atoms with Gasteiger partial charge in [-0.25, -0.2) is 4.79 Å². The van der Waals surface area contributed by atoms with Gasteiger partial charge >= 0.3 is 6.09 Å². The third-order valence-corrected chi connectivity index (χ3v) is 7.97. The number of hydrogen-bond acceptors (Lipinski definition) is 5. The van der Waals surface area contributed by atoms with Crippen LogP contribution in [0.5, 0.6) is 0 Å². The second-order valence-corrected chi connectivity index (χ2v) is 13.3. The van der Waals surface area contributed by atoms with Crippen molar-refractivity contribution < 1.29 is 19.2 Å². The fraction of sp³-hybridized carbons (Fsp3) is 0.536. The lowest BCUT2D eigenvalue weighted by atomic mass is 9.79. The van der Waals surface area contributed by atoms with Crippen molar-refractivity contribution in [3.8, 4) is 11.1 Å². The SMILES string of the molecule is CC(C)(C)OC(=O)N1CCC[C@](CO)(N[S+]([O-])C(C)(C)C)[C@@H]1Cc1cccc(-c2ccccc2)c1. The third-order valence-electron chi connectivity index (χ3n) is 6.26. The minimum absolute atomic E-state index is 0.239. The van der Waals surface area contributed by atoms with E-state index in [1.807, 2.05) is 71.9 Å². The van der Waals surface area contributed by atoms with Crippen molar-refractivity contribution in [2.24, 2.45) is 0 Å². The molecule has 192 valence electrons. The van der Waals surface area contributed by atoms with E-state index in [9.17, 15) is 14.5 Å². The lowest BCUT2D eigenvalue weighted by Crippen LogP contribution is -2.70. The van der Waals surface area contributed by atoms with Crippen LogP contribution >= 0.6 is 0 Å². The number of hydrogen-bond donors (Lipinski definition) is 2. The van der Waals surface area contributed by atoms with Crippen molar-refractivity contribution in [3.05, 3.63) is 60.2 Å². The van der Waals surface area contributed by atoms with Gasteiger partial charge in [0.05, 0.1) is 12.6 Å². The first kappa shape index (κ1) is 27.5. The number of benzene rings is 2. The third kappa shape index (κ3) is 7.00. The van der Waals surface area contributed by atoms with Gasteiger partial charge in [-0.3, -0.25) is 0 Å². The van der Waals surface area contributed by atoms with E-state index in [2.05, 4.69) is 29.0 Å². The Bertz CT molecular complexity index is 986. The molecule has 1 aliphatic rings. The van der Waals surface area contributed by atoms with E-state index < -0.39 is 39.4 Å². The Morgan fingerprint density at radius 2 is 1.77 bits per heavy atom. The molecule has 1 saturated heterocycles. The molecule has 0 bridgehead atoms. The van der Waals surface area contributed by atoms with Crippen LogP contribution in [-0.2, 0) is 22.5 Å². The van der Waals surface area contributed by atoms with Crippen LogP contribution < -0.4 is 4.72 Å². The zero-order valence-electron chi connectivity index (χ0n) is 21.8. The Kier molecular flexibility index (Phi) is 8.58. The summed E-state index contributed by atoms with van der Waals surface area (Å²) in [6, 6.07) is 18.0. The van der Waals surface area contributed by atoms with Crippen molar-refractivity contribution in [2.75, 3.05) is 13.2 Å². The maximum Gasteiger partial charge on any atom is 0.410 e. The van der Waals surface area contributed by atoms with E-state index >= 15 is 0 Å². The molecule has 1 heterocycles. The number of carbonyl (C=O) groups is 1. The first-order chi connectivity index (χ1) is 16.3. The van der Waals surface area contributed by atoms with Gasteiger partial charge in [0.25, 0.3) is 0 Å². The highest BCUT2D eigenvalue weighted by Gasteiger charge is 2.51. The van der Waals surface area contributed by atoms with Crippen LogP contribution in [0, 0.1) is 0 Å². The number of aliphatic hydroxyl groups excluding tert-OH is 1. The molecule has 2 aromatic carbocycles. The average molecular weight is 501 g/mol. The van der Waals surface area contributed by atoms with E-state index in [4.69, 9.17) is 4.74 Å². The highest BCUT2D eigenvalue weighted by Crippen LogP contribution is 2.34. The second kappa shape index (κ2) is 10.9. The van der Waals surface area contributed by atoms with Gasteiger partial charge in [-0.1, -0.05) is 54.6 Å². The Balaban J connectivity index is 2.00. The Morgan fingerprint density at radius 1 is 1.11 bits per heavy atom. The molecule has 1 aliphatic heterocycles. The molecule has 2 aromatic rings. The molecule has 1 fully saturated rings. The number of amides is 1. The van der Waals surface area contributed by atoms with Crippen LogP contribution in [0.4, 0.5) is 4.79 Å². The van der Waals surface area contributed by atoms with Gasteiger partial charge in [0.1, 0.15) is 15.9 Å². The summed E-state index contributed by atoms with van der Waals surface area (Å²) in [5.74, 6) is 0. The largest absolute Gasteiger partial charge is 0.598 e. The molecule has 3 rings (SSSR count). The normalized spacial score (nSPS) is 22.1. The average Bonchev–Trinajstić information content (AvgIpc) is 2.79. The molecule has 1 unspecified atom stereocenters. The smallest absolute Gasteiger partial charge is 0.410 e. The molecule has 6 nitrogen and oxygen atoms in total. The molecule has 0 aliphatic carbocycles. The summed E-state index contributed by atoms with van der Waals surface area (Å²) in [7, 11) is 0. The van der Waals surface area contributed by atoms with Gasteiger partial charge in [-0.05, 0) is 77.5 Å². The van der Waals surface area contributed by atoms with Crippen molar-refractivity contribution in [3.63, 3.8) is 0 Å². The van der Waals surface area contributed by atoms with Crippen molar-refractivity contribution in [1.82, 2.24) is 9.62 Å². The van der Waals surface area contributed by atoms with E-state index in [-0.39, 0.29) is 6.61 Å². The second-order valence-electron chi connectivity index (χ2n) is 11.4. The summed E-state index contributed by atoms with van der Waals surface area (Å²) in [5, 5.41) is 10.7. The summed E-state index contributed by atoms with van der Waals surface area (Å²) >= 11 is -1.42. The highest BCUT2D eigenvalue weighted by atomic mass is 32.2. The monoisotopic (exact) mass is 500 g/mol. The van der Waals surface area contributed by atoms with E-state index in [0.29, 0.717) is 25.8 Å². The highest BCUT2D eigenvalue weighted by molar-refractivity contribution is 7.90. The lowest BCUT2D eigenvalue weighted by Gasteiger charge is -2.49. The standard InChI is InChI=1S/C28H40N2O4S/c1-26(2,3)34-25(32)30-17-11-16-28(20-31,29-35(33)27(4,5)6)24(30)19-21-12-10-15-23(18-21)22-13-8-7-9-14-22/h7-10,12-15,18,24,29,31H,11,16-17,19-20H2,1-6H3/t24-,28+,35?/m0/s1. The summed E-state index contributed by atoms with van der Waals surface area (Å²) < 4.78 is 21.7. The molecule has 7 heteroatoms. The van der Waals surface area contributed by atoms with Crippen LogP contribution in [-0.4, -0.2) is 55.7 Å². The Morgan fingerprint density at radius 3 is 2.37 bits per heavy atom. The summed E-state index contributed by atoms with van der Waals surface area (Å²) in [5.41, 5.74) is 1.67. The Hall–Kier alpha value is -2.06. The molecule has 3 atom stereocenters. The van der Waals surface area contributed by atoms with Crippen LogP contribution in [0.1, 0.15) is 59.9 Å². The van der Waals surface area contributed by atoms with Crippen molar-refractivity contribution in [1.29, 1.82) is 0 Å². The van der Waals surface area contributed by atoms with Crippen LogP contribution in [0.3, 0.4) is 0 Å². The van der Waals surface area contributed by atoms with E-state index in [0.717, 1.165) is 16.7 Å². The number of likely N-dealkylation sites (tertiary alicyclic amines) is 1. The quantitative estimate of drug-likeness (QED) is 0.541. The number of rotatable bonds is 6. The molecule has 35 heavy (non-hydrogen) atoms. The first-order valence-electron chi connectivity index (χ1n) is 12.3. The fourth-order valence-electron chi connectivity index (χ4n) is 4.44. The van der Waals surface area contributed by atoms with Crippen LogP contribution in [0.2, 0.25) is 0 Å². The van der Waals surface area contributed by atoms with Gasteiger partial charge in [0, 0.05) is 17.9 Å². The molecule has 2 N–H and O–H groups in total. The number of piperidine rings is 1. The zero-order chi connectivity index (χ0) is 25.9. The van der Waals surface area contributed by atoms with Gasteiger partial charge < -0.3 is 19.3 Å². The number of nitrogens with zero attached hydrogens (tertiary/aromatic N) is 1. The molecule has 0 saturated carbocycles. The molecule has 0 spiro atoms. The molecular formula is C28H40N2O4S. The van der Waals surface area contributed by atoms with Gasteiger partial charge in [-0.2, -0.15) is 0 Å². The summed E-state index contributed by atoms with van der Waals surface area (Å²) in [6.07, 6.45) is 1.36. The fourth-order valence-corrected chi connectivity index (χ4v) is 5.41. The first-order valence-corrected chi connectivity index (χ1v) is 13.4. The summed E-state index contributed by atoms with van der Waals surface area (Å²) in [6.45, 7) is 11.5. The predicted molar refractivity (Wildman–Crippen MR) is 142 cm³/mol. The molecular weight excluding hydrogens is 460 g/mol. The molecule has 1 amide bonds. The van der Waals surface area contributed by atoms with Crippen molar-refractivity contribution >= 4 is 17.5 Å². The van der Waals surface area contributed by atoms with E-state index in [1.165, 1.54) is 0 Å². The number of aliphatic hydroxyl groups is 1. The van der Waals surface area contributed by atoms with Crippen molar-refractivity contribution in [2.45, 2.75) is 82.7 Å². The van der Waals surface area contributed by atoms with E-state index in [1.54, 1.807) is 4.90 Å². The number of carbonyl (C=O) groups excluding carboxylic acids is 1. The number of ether oxygens (including phenoxy) is 1. The predicted octanol–water partition coefficient (Wildman–Crippen LogP) is 5.08. The zero-order valence-corrected chi connectivity index (χ0v) is 22.7. The lowest BCUT2D eigenvalue weighted by molar-refractivity contribution is -0.0179. The van der Waals surface area contributed by atoms with Gasteiger partial charge in [0.15, 0.2) is 0 Å². The summed E-state index contributed by atoms with van der Waals surface area (Å²) in [4.78, 5) is 15.0. The minimum Gasteiger partial charge on any atom is -0.598 e. The number of nitrogens with one attached hydrogen (secondary N) is 1. The maximum atomic E-state index is 13.3. The van der Waals surface area contributed by atoms with Gasteiger partial charge in [0.2, 0.25) is 0 Å². The van der Waals surface area contributed by atoms with Crippen LogP contribution in [0.15, 0.2) is 54.6 Å². The Labute approximate surface area is 213 Å². The van der Waals surface area contributed by atoms with Gasteiger partial charge in [-0.15, -0.1) is 4.72 Å². The topological polar surface area (TPSA) is 84.9 Å². The minimum atomic E-state index is -1.42.